The van der Waals surface area contributed by atoms with E-state index in [0.29, 0.717) is 12.7 Å². The highest BCUT2D eigenvalue weighted by atomic mass is 15.0. The van der Waals surface area contributed by atoms with Crippen molar-refractivity contribution in [1.29, 1.82) is 0 Å². The standard InChI is InChI=1S/C19H18BN3/c1-20(2)17-13-21-19(22-14-17)23-18(15-9-5-3-6-10-15)16-11-7-4-8-12-16/h3-14H,1-2H3. The van der Waals surface area contributed by atoms with E-state index in [1.54, 1.807) is 0 Å². The number of nitrogens with zero attached hydrogens (tertiary/aromatic N) is 3. The molecule has 0 radical (unpaired) electrons. The minimum Gasteiger partial charge on any atom is -0.220 e. The highest BCUT2D eigenvalue weighted by molar-refractivity contribution is 6.70. The fourth-order valence-electron chi connectivity index (χ4n) is 2.27. The smallest absolute Gasteiger partial charge is 0.220 e. The summed E-state index contributed by atoms with van der Waals surface area (Å²) in [6.07, 6.45) is 3.70. The lowest BCUT2D eigenvalue weighted by Gasteiger charge is -2.07. The molecular formula is C19H18BN3. The van der Waals surface area contributed by atoms with Gasteiger partial charge in [0.25, 0.3) is 0 Å². The molecule has 4 heteroatoms. The second-order valence-electron chi connectivity index (χ2n) is 5.66. The number of aromatic nitrogens is 2. The Hall–Kier alpha value is -2.75. The molecule has 23 heavy (non-hydrogen) atoms. The monoisotopic (exact) mass is 299 g/mol. The zero-order chi connectivity index (χ0) is 16.1. The molecule has 0 fully saturated rings. The van der Waals surface area contributed by atoms with E-state index in [2.05, 4.69) is 23.6 Å². The predicted molar refractivity (Wildman–Crippen MR) is 97.3 cm³/mol. The minimum atomic E-state index is 0.413. The number of benzene rings is 2. The summed E-state index contributed by atoms with van der Waals surface area (Å²) in [6.45, 7) is 4.66. The molecule has 112 valence electrons. The van der Waals surface area contributed by atoms with E-state index in [-0.39, 0.29) is 0 Å². The fourth-order valence-corrected chi connectivity index (χ4v) is 2.27. The molecule has 3 aromatic rings. The third-order valence-electron chi connectivity index (χ3n) is 3.63. The van der Waals surface area contributed by atoms with Crippen molar-refractivity contribution in [1.82, 2.24) is 9.97 Å². The molecule has 2 aromatic carbocycles. The average molecular weight is 299 g/mol. The van der Waals surface area contributed by atoms with Crippen molar-refractivity contribution in [2.45, 2.75) is 13.6 Å². The third kappa shape index (κ3) is 3.72. The van der Waals surface area contributed by atoms with Crippen LogP contribution >= 0.6 is 0 Å². The maximum absolute atomic E-state index is 4.69. The molecule has 0 saturated carbocycles. The molecule has 3 nitrogen and oxygen atoms in total. The van der Waals surface area contributed by atoms with Gasteiger partial charge in [0.05, 0.1) is 5.71 Å². The molecular weight excluding hydrogens is 281 g/mol. The predicted octanol–water partition coefficient (Wildman–Crippen LogP) is 3.61. The van der Waals surface area contributed by atoms with Gasteiger partial charge in [0.15, 0.2) is 6.71 Å². The minimum absolute atomic E-state index is 0.413. The molecule has 0 aliphatic heterocycles. The van der Waals surface area contributed by atoms with Crippen LogP contribution in [0.1, 0.15) is 11.1 Å². The van der Waals surface area contributed by atoms with E-state index in [1.807, 2.05) is 73.1 Å². The van der Waals surface area contributed by atoms with Crippen molar-refractivity contribution >= 4 is 23.8 Å². The Morgan fingerprint density at radius 2 is 1.26 bits per heavy atom. The molecule has 0 spiro atoms. The van der Waals surface area contributed by atoms with Gasteiger partial charge < -0.3 is 0 Å². The van der Waals surface area contributed by atoms with Crippen molar-refractivity contribution < 1.29 is 0 Å². The van der Waals surface area contributed by atoms with Gasteiger partial charge in [0.1, 0.15) is 0 Å². The van der Waals surface area contributed by atoms with Crippen molar-refractivity contribution in [2.75, 3.05) is 0 Å². The fraction of sp³-hybridized carbons (Fsp3) is 0.105. The molecule has 0 atom stereocenters. The van der Waals surface area contributed by atoms with E-state index >= 15 is 0 Å². The highest BCUT2D eigenvalue weighted by Crippen LogP contribution is 2.14. The zero-order valence-electron chi connectivity index (χ0n) is 13.3. The second kappa shape index (κ2) is 7.01. The normalized spacial score (nSPS) is 10.2. The Bertz CT molecular complexity index is 740. The summed E-state index contributed by atoms with van der Waals surface area (Å²) >= 11 is 0. The van der Waals surface area contributed by atoms with Crippen LogP contribution in [0.25, 0.3) is 0 Å². The quantitative estimate of drug-likeness (QED) is 0.545. The first-order chi connectivity index (χ1) is 11.2. The molecule has 1 heterocycles. The largest absolute Gasteiger partial charge is 0.249 e. The summed E-state index contributed by atoms with van der Waals surface area (Å²) in [6, 6.07) is 20.2. The molecule has 3 rings (SSSR count). The van der Waals surface area contributed by atoms with E-state index in [9.17, 15) is 0 Å². The summed E-state index contributed by atoms with van der Waals surface area (Å²) < 4.78 is 0. The number of aliphatic imine (C=N–C) groups is 1. The Balaban J connectivity index is 2.05. The maximum atomic E-state index is 4.69. The number of hydrogen-bond donors (Lipinski definition) is 0. The van der Waals surface area contributed by atoms with Gasteiger partial charge >= 0.3 is 0 Å². The van der Waals surface area contributed by atoms with Gasteiger partial charge in [0, 0.05) is 23.5 Å². The van der Waals surface area contributed by atoms with Crippen LogP contribution in [0.2, 0.25) is 13.6 Å². The number of hydrogen-bond acceptors (Lipinski definition) is 3. The van der Waals surface area contributed by atoms with Gasteiger partial charge in [-0.1, -0.05) is 74.3 Å². The molecule has 0 N–H and O–H groups in total. The Labute approximate surface area is 137 Å². The highest BCUT2D eigenvalue weighted by Gasteiger charge is 2.09. The summed E-state index contributed by atoms with van der Waals surface area (Å²) in [5.41, 5.74) is 4.10. The zero-order valence-corrected chi connectivity index (χ0v) is 13.3. The van der Waals surface area contributed by atoms with Crippen LogP contribution in [0.15, 0.2) is 78.0 Å². The van der Waals surface area contributed by atoms with Gasteiger partial charge in [-0.25, -0.2) is 15.0 Å². The molecule has 0 bridgehead atoms. The van der Waals surface area contributed by atoms with Crippen LogP contribution in [0.4, 0.5) is 5.95 Å². The Morgan fingerprint density at radius 3 is 1.70 bits per heavy atom. The van der Waals surface area contributed by atoms with Gasteiger partial charge in [-0.05, 0) is 5.46 Å². The van der Waals surface area contributed by atoms with Crippen molar-refractivity contribution in [3.05, 3.63) is 84.2 Å². The van der Waals surface area contributed by atoms with Crippen molar-refractivity contribution in [3.8, 4) is 0 Å². The van der Waals surface area contributed by atoms with Gasteiger partial charge in [-0.15, -0.1) is 0 Å². The molecule has 0 aliphatic rings. The molecule has 0 saturated heterocycles. The van der Waals surface area contributed by atoms with Crippen LogP contribution < -0.4 is 5.46 Å². The average Bonchev–Trinajstić information content (AvgIpc) is 2.61. The molecule has 0 aliphatic carbocycles. The van der Waals surface area contributed by atoms with Gasteiger partial charge in [-0.3, -0.25) is 0 Å². The summed E-state index contributed by atoms with van der Waals surface area (Å²) in [7, 11) is 0. The first kappa shape index (κ1) is 15.2. The van der Waals surface area contributed by atoms with E-state index in [1.165, 1.54) is 0 Å². The SMILES string of the molecule is CB(C)c1cnc(N=C(c2ccccc2)c2ccccc2)nc1. The summed E-state index contributed by atoms with van der Waals surface area (Å²) in [5.74, 6) is 0.483. The number of rotatable bonds is 4. The van der Waals surface area contributed by atoms with Crippen LogP contribution in [-0.4, -0.2) is 22.4 Å². The molecule has 0 unspecified atom stereocenters. The Morgan fingerprint density at radius 1 is 0.783 bits per heavy atom. The summed E-state index contributed by atoms with van der Waals surface area (Å²) in [4.78, 5) is 13.5. The first-order valence-electron chi connectivity index (χ1n) is 7.75. The van der Waals surface area contributed by atoms with Crippen molar-refractivity contribution in [3.63, 3.8) is 0 Å². The van der Waals surface area contributed by atoms with E-state index < -0.39 is 0 Å². The third-order valence-corrected chi connectivity index (χ3v) is 3.63. The Kier molecular flexibility index (Phi) is 4.62. The van der Waals surface area contributed by atoms with Gasteiger partial charge in [-0.2, -0.15) is 0 Å². The van der Waals surface area contributed by atoms with E-state index in [0.717, 1.165) is 22.3 Å². The van der Waals surface area contributed by atoms with Crippen LogP contribution in [-0.2, 0) is 0 Å². The lowest BCUT2D eigenvalue weighted by Crippen LogP contribution is -2.23. The van der Waals surface area contributed by atoms with Crippen LogP contribution in [0, 0.1) is 0 Å². The lowest BCUT2D eigenvalue weighted by molar-refractivity contribution is 1.15. The van der Waals surface area contributed by atoms with E-state index in [4.69, 9.17) is 4.99 Å². The topological polar surface area (TPSA) is 38.1 Å². The molecule has 0 amide bonds. The van der Waals surface area contributed by atoms with Gasteiger partial charge in [0.2, 0.25) is 5.95 Å². The lowest BCUT2D eigenvalue weighted by atomic mass is 9.50. The van der Waals surface area contributed by atoms with Crippen LogP contribution in [0.5, 0.6) is 0 Å². The molecule has 1 aromatic heterocycles. The summed E-state index contributed by atoms with van der Waals surface area (Å²) in [5, 5.41) is 0. The first-order valence-corrected chi connectivity index (χ1v) is 7.75. The second-order valence-corrected chi connectivity index (χ2v) is 5.66. The van der Waals surface area contributed by atoms with Crippen LogP contribution in [0.3, 0.4) is 0 Å². The van der Waals surface area contributed by atoms with Crippen molar-refractivity contribution in [2.24, 2.45) is 4.99 Å². The maximum Gasteiger partial charge on any atom is 0.249 e.